The summed E-state index contributed by atoms with van der Waals surface area (Å²) in [6.45, 7) is 2.78. The van der Waals surface area contributed by atoms with Crippen LogP contribution >= 0.6 is 0 Å². The number of carbonyl (C=O) groups excluding carboxylic acids is 1. The molecule has 0 aliphatic carbocycles. The Hall–Kier alpha value is -1.88. The number of carboxylic acids is 1. The Bertz CT molecular complexity index is 493. The van der Waals surface area contributed by atoms with E-state index in [0.717, 1.165) is 37.1 Å². The molecule has 114 valence electrons. The van der Waals surface area contributed by atoms with Gasteiger partial charge in [-0.15, -0.1) is 0 Å². The van der Waals surface area contributed by atoms with Gasteiger partial charge in [-0.2, -0.15) is 0 Å². The van der Waals surface area contributed by atoms with Crippen LogP contribution in [-0.4, -0.2) is 29.6 Å². The lowest BCUT2D eigenvalue weighted by atomic mass is 9.97. The monoisotopic (exact) mass is 290 g/mol. The standard InChI is InChI=1S/C16H22N2O3/c1-11(10-15(19)20)12-5-7-13(8-6-12)18-16(21)14-4-2-3-9-17-14/h5-8,11,14,17H,2-4,9-10H2,1H3,(H,18,21)(H,19,20). The maximum absolute atomic E-state index is 12.1. The van der Waals surface area contributed by atoms with E-state index in [4.69, 9.17) is 5.11 Å². The number of carbonyl (C=O) groups is 2. The van der Waals surface area contributed by atoms with Crippen molar-refractivity contribution in [2.45, 2.75) is 44.6 Å². The third kappa shape index (κ3) is 4.56. The molecular weight excluding hydrogens is 268 g/mol. The number of hydrogen-bond donors (Lipinski definition) is 3. The molecule has 3 N–H and O–H groups in total. The fourth-order valence-electron chi connectivity index (χ4n) is 2.58. The van der Waals surface area contributed by atoms with Gasteiger partial charge < -0.3 is 15.7 Å². The lowest BCUT2D eigenvalue weighted by Gasteiger charge is -2.22. The van der Waals surface area contributed by atoms with E-state index in [1.807, 2.05) is 31.2 Å². The molecule has 21 heavy (non-hydrogen) atoms. The van der Waals surface area contributed by atoms with Gasteiger partial charge in [-0.25, -0.2) is 0 Å². The molecule has 2 rings (SSSR count). The summed E-state index contributed by atoms with van der Waals surface area (Å²) in [6.07, 6.45) is 3.19. The van der Waals surface area contributed by atoms with Gasteiger partial charge >= 0.3 is 5.97 Å². The van der Waals surface area contributed by atoms with Crippen LogP contribution in [0.4, 0.5) is 5.69 Å². The Morgan fingerprint density at radius 3 is 2.62 bits per heavy atom. The summed E-state index contributed by atoms with van der Waals surface area (Å²) in [6, 6.07) is 7.29. The van der Waals surface area contributed by atoms with Crippen LogP contribution in [0.15, 0.2) is 24.3 Å². The van der Waals surface area contributed by atoms with E-state index in [-0.39, 0.29) is 24.3 Å². The van der Waals surface area contributed by atoms with Gasteiger partial charge in [-0.05, 0) is 43.0 Å². The third-order valence-corrected chi connectivity index (χ3v) is 3.85. The zero-order valence-electron chi connectivity index (χ0n) is 12.3. The number of carboxylic acid groups (broad SMARTS) is 1. The normalized spacial score (nSPS) is 19.8. The van der Waals surface area contributed by atoms with Crippen molar-refractivity contribution >= 4 is 17.6 Å². The van der Waals surface area contributed by atoms with Gasteiger partial charge in [0, 0.05) is 5.69 Å². The van der Waals surface area contributed by atoms with E-state index in [1.165, 1.54) is 0 Å². The van der Waals surface area contributed by atoms with E-state index in [9.17, 15) is 9.59 Å². The molecule has 0 aromatic heterocycles. The number of nitrogens with one attached hydrogen (secondary N) is 2. The molecule has 5 nitrogen and oxygen atoms in total. The number of hydrogen-bond acceptors (Lipinski definition) is 3. The second-order valence-electron chi connectivity index (χ2n) is 5.61. The minimum absolute atomic E-state index is 0.000958. The smallest absolute Gasteiger partial charge is 0.303 e. The Kier molecular flexibility index (Phi) is 5.33. The summed E-state index contributed by atoms with van der Waals surface area (Å²) >= 11 is 0. The van der Waals surface area contributed by atoms with Crippen LogP contribution in [-0.2, 0) is 9.59 Å². The minimum atomic E-state index is -0.803. The summed E-state index contributed by atoms with van der Waals surface area (Å²) in [4.78, 5) is 22.8. The number of benzene rings is 1. The summed E-state index contributed by atoms with van der Waals surface area (Å²) in [7, 11) is 0. The number of anilines is 1. The molecule has 1 aliphatic rings. The number of amides is 1. The fourth-order valence-corrected chi connectivity index (χ4v) is 2.58. The van der Waals surface area contributed by atoms with Crippen LogP contribution in [0, 0.1) is 0 Å². The molecule has 0 saturated carbocycles. The number of aliphatic carboxylic acids is 1. The largest absolute Gasteiger partial charge is 0.481 e. The first-order valence-corrected chi connectivity index (χ1v) is 7.42. The minimum Gasteiger partial charge on any atom is -0.481 e. The molecule has 0 radical (unpaired) electrons. The van der Waals surface area contributed by atoms with Crippen LogP contribution in [0.25, 0.3) is 0 Å². The average molecular weight is 290 g/mol. The van der Waals surface area contributed by atoms with E-state index >= 15 is 0 Å². The molecule has 1 fully saturated rings. The summed E-state index contributed by atoms with van der Waals surface area (Å²) < 4.78 is 0. The van der Waals surface area contributed by atoms with Gasteiger partial charge in [0.25, 0.3) is 0 Å². The fraction of sp³-hybridized carbons (Fsp3) is 0.500. The summed E-state index contributed by atoms with van der Waals surface area (Å²) in [5.74, 6) is -0.837. The van der Waals surface area contributed by atoms with Gasteiger partial charge in [-0.3, -0.25) is 9.59 Å². The molecule has 5 heteroatoms. The molecule has 1 aromatic rings. The first-order valence-electron chi connectivity index (χ1n) is 7.42. The molecule has 0 bridgehead atoms. The van der Waals surface area contributed by atoms with E-state index < -0.39 is 5.97 Å². The van der Waals surface area contributed by atoms with Crippen molar-refractivity contribution in [3.8, 4) is 0 Å². The highest BCUT2D eigenvalue weighted by atomic mass is 16.4. The number of piperidine rings is 1. The molecule has 1 aliphatic heterocycles. The third-order valence-electron chi connectivity index (χ3n) is 3.85. The zero-order chi connectivity index (χ0) is 15.2. The van der Waals surface area contributed by atoms with Crippen LogP contribution in [0.1, 0.15) is 44.1 Å². The topological polar surface area (TPSA) is 78.4 Å². The summed E-state index contributed by atoms with van der Waals surface area (Å²) in [5.41, 5.74) is 1.71. The van der Waals surface area contributed by atoms with Gasteiger partial charge in [0.1, 0.15) is 0 Å². The second kappa shape index (κ2) is 7.22. The maximum Gasteiger partial charge on any atom is 0.303 e. The Morgan fingerprint density at radius 1 is 1.33 bits per heavy atom. The van der Waals surface area contributed by atoms with Crippen molar-refractivity contribution in [3.05, 3.63) is 29.8 Å². The van der Waals surface area contributed by atoms with Gasteiger partial charge in [0.2, 0.25) is 5.91 Å². The Morgan fingerprint density at radius 2 is 2.05 bits per heavy atom. The van der Waals surface area contributed by atoms with E-state index in [2.05, 4.69) is 10.6 Å². The van der Waals surface area contributed by atoms with Crippen molar-refractivity contribution in [1.29, 1.82) is 0 Å². The van der Waals surface area contributed by atoms with Crippen molar-refractivity contribution in [2.75, 3.05) is 11.9 Å². The maximum atomic E-state index is 12.1. The zero-order valence-corrected chi connectivity index (χ0v) is 12.3. The summed E-state index contributed by atoms with van der Waals surface area (Å²) in [5, 5.41) is 14.9. The molecule has 1 heterocycles. The predicted molar refractivity (Wildman–Crippen MR) is 81.4 cm³/mol. The van der Waals surface area contributed by atoms with Crippen molar-refractivity contribution in [3.63, 3.8) is 0 Å². The second-order valence-corrected chi connectivity index (χ2v) is 5.61. The molecule has 1 amide bonds. The predicted octanol–water partition coefficient (Wildman–Crippen LogP) is 2.35. The van der Waals surface area contributed by atoms with Gasteiger partial charge in [0.15, 0.2) is 0 Å². The highest BCUT2D eigenvalue weighted by Crippen LogP contribution is 2.21. The van der Waals surface area contributed by atoms with Crippen LogP contribution < -0.4 is 10.6 Å². The average Bonchev–Trinajstić information content (AvgIpc) is 2.48. The molecular formula is C16H22N2O3. The van der Waals surface area contributed by atoms with Crippen molar-refractivity contribution < 1.29 is 14.7 Å². The van der Waals surface area contributed by atoms with Gasteiger partial charge in [-0.1, -0.05) is 25.5 Å². The van der Waals surface area contributed by atoms with E-state index in [1.54, 1.807) is 0 Å². The Labute approximate surface area is 124 Å². The first kappa shape index (κ1) is 15.5. The molecule has 1 saturated heterocycles. The highest BCUT2D eigenvalue weighted by molar-refractivity contribution is 5.94. The van der Waals surface area contributed by atoms with Crippen molar-refractivity contribution in [2.24, 2.45) is 0 Å². The highest BCUT2D eigenvalue weighted by Gasteiger charge is 2.20. The lowest BCUT2D eigenvalue weighted by molar-refractivity contribution is -0.137. The molecule has 1 aromatic carbocycles. The number of rotatable bonds is 5. The SMILES string of the molecule is CC(CC(=O)O)c1ccc(NC(=O)C2CCCCN2)cc1. The van der Waals surface area contributed by atoms with Crippen LogP contribution in [0.3, 0.4) is 0 Å². The van der Waals surface area contributed by atoms with E-state index in [0.29, 0.717) is 0 Å². The van der Waals surface area contributed by atoms with Crippen molar-refractivity contribution in [1.82, 2.24) is 5.32 Å². The lowest BCUT2D eigenvalue weighted by Crippen LogP contribution is -2.43. The molecule has 0 spiro atoms. The Balaban J connectivity index is 1.92. The first-order chi connectivity index (χ1) is 10.1. The van der Waals surface area contributed by atoms with Crippen LogP contribution in [0.2, 0.25) is 0 Å². The quantitative estimate of drug-likeness (QED) is 0.778. The molecule has 2 atom stereocenters. The van der Waals surface area contributed by atoms with Gasteiger partial charge in [0.05, 0.1) is 12.5 Å². The molecule has 2 unspecified atom stereocenters. The van der Waals surface area contributed by atoms with Crippen LogP contribution in [0.5, 0.6) is 0 Å².